The van der Waals surface area contributed by atoms with E-state index in [2.05, 4.69) is 6.07 Å². The van der Waals surface area contributed by atoms with Crippen molar-refractivity contribution >= 4 is 17.4 Å². The summed E-state index contributed by atoms with van der Waals surface area (Å²) in [5, 5.41) is 0.633. The molecule has 0 aliphatic heterocycles. The van der Waals surface area contributed by atoms with Crippen molar-refractivity contribution in [1.82, 2.24) is 0 Å². The van der Waals surface area contributed by atoms with Crippen LogP contribution in [0.5, 0.6) is 0 Å². The van der Waals surface area contributed by atoms with Gasteiger partial charge in [0.15, 0.2) is 5.78 Å². The van der Waals surface area contributed by atoms with Crippen LogP contribution in [0.4, 0.5) is 0 Å². The van der Waals surface area contributed by atoms with Gasteiger partial charge < -0.3 is 0 Å². The Morgan fingerprint density at radius 1 is 0.826 bits per heavy atom. The molecular formula is C21H17ClO. The van der Waals surface area contributed by atoms with Gasteiger partial charge in [-0.1, -0.05) is 71.8 Å². The molecular weight excluding hydrogens is 304 g/mol. The lowest BCUT2D eigenvalue weighted by molar-refractivity contribution is 0.0974. The van der Waals surface area contributed by atoms with E-state index in [0.717, 1.165) is 16.7 Å². The number of halogens is 1. The van der Waals surface area contributed by atoms with E-state index in [-0.39, 0.29) is 11.7 Å². The monoisotopic (exact) mass is 320 g/mol. The molecule has 23 heavy (non-hydrogen) atoms. The van der Waals surface area contributed by atoms with E-state index in [1.165, 1.54) is 0 Å². The number of Topliss-reactive ketones (excluding diaryl/α,β-unsaturated/α-hetero) is 1. The van der Waals surface area contributed by atoms with E-state index in [4.69, 9.17) is 11.6 Å². The molecule has 0 aliphatic carbocycles. The lowest BCUT2D eigenvalue weighted by Gasteiger charge is -2.18. The summed E-state index contributed by atoms with van der Waals surface area (Å²) in [6.45, 7) is 2.04. The predicted molar refractivity (Wildman–Crippen MR) is 95.2 cm³/mol. The van der Waals surface area contributed by atoms with Crippen LogP contribution in [-0.2, 0) is 0 Å². The topological polar surface area (TPSA) is 17.1 Å². The first kappa shape index (κ1) is 15.5. The van der Waals surface area contributed by atoms with Gasteiger partial charge in [0.1, 0.15) is 0 Å². The third-order valence-corrected chi connectivity index (χ3v) is 4.15. The molecule has 0 saturated carbocycles. The van der Waals surface area contributed by atoms with Gasteiger partial charge in [-0.2, -0.15) is 0 Å². The van der Waals surface area contributed by atoms with E-state index in [9.17, 15) is 4.79 Å². The summed E-state index contributed by atoms with van der Waals surface area (Å²) in [6.07, 6.45) is 0. The SMILES string of the molecule is Cc1cccc(C(C(=O)c2ccc(Cl)cc2)c2ccccc2)c1. The molecule has 0 aliphatic rings. The Morgan fingerprint density at radius 2 is 1.48 bits per heavy atom. The Labute approximate surface area is 141 Å². The van der Waals surface area contributed by atoms with Gasteiger partial charge in [0.25, 0.3) is 0 Å². The minimum Gasteiger partial charge on any atom is -0.293 e. The molecule has 1 unspecified atom stereocenters. The van der Waals surface area contributed by atoms with Crippen LogP contribution in [0.15, 0.2) is 78.9 Å². The largest absolute Gasteiger partial charge is 0.293 e. The molecule has 0 heterocycles. The maximum Gasteiger partial charge on any atom is 0.174 e. The number of aryl methyl sites for hydroxylation is 1. The summed E-state index contributed by atoms with van der Waals surface area (Å²) in [7, 11) is 0. The third kappa shape index (κ3) is 3.52. The number of carbonyl (C=O) groups is 1. The highest BCUT2D eigenvalue weighted by atomic mass is 35.5. The Morgan fingerprint density at radius 3 is 2.13 bits per heavy atom. The first-order valence-corrected chi connectivity index (χ1v) is 7.94. The Bertz CT molecular complexity index is 807. The Kier molecular flexibility index (Phi) is 4.59. The molecule has 3 aromatic carbocycles. The summed E-state index contributed by atoms with van der Waals surface area (Å²) in [5.41, 5.74) is 3.83. The zero-order chi connectivity index (χ0) is 16.2. The molecule has 0 saturated heterocycles. The third-order valence-electron chi connectivity index (χ3n) is 3.90. The van der Waals surface area contributed by atoms with Gasteiger partial charge in [-0.15, -0.1) is 0 Å². The molecule has 3 rings (SSSR count). The van der Waals surface area contributed by atoms with Crippen molar-refractivity contribution in [1.29, 1.82) is 0 Å². The Hall–Kier alpha value is -2.38. The van der Waals surface area contributed by atoms with Gasteiger partial charge in [-0.05, 0) is 42.3 Å². The van der Waals surface area contributed by atoms with Crippen molar-refractivity contribution < 1.29 is 4.79 Å². The molecule has 0 bridgehead atoms. The van der Waals surface area contributed by atoms with Crippen LogP contribution >= 0.6 is 11.6 Å². The molecule has 0 radical (unpaired) electrons. The number of ketones is 1. The maximum absolute atomic E-state index is 13.1. The second-order valence-corrected chi connectivity index (χ2v) is 6.07. The van der Waals surface area contributed by atoms with Crippen molar-refractivity contribution in [2.75, 3.05) is 0 Å². The molecule has 1 nitrogen and oxygen atoms in total. The predicted octanol–water partition coefficient (Wildman–Crippen LogP) is 5.66. The van der Waals surface area contributed by atoms with Crippen LogP contribution in [0.1, 0.15) is 33.0 Å². The highest BCUT2D eigenvalue weighted by molar-refractivity contribution is 6.30. The summed E-state index contributed by atoms with van der Waals surface area (Å²) >= 11 is 5.94. The van der Waals surface area contributed by atoms with Crippen LogP contribution in [-0.4, -0.2) is 5.78 Å². The van der Waals surface area contributed by atoms with E-state index >= 15 is 0 Å². The second-order valence-electron chi connectivity index (χ2n) is 5.63. The summed E-state index contributed by atoms with van der Waals surface area (Å²) in [6, 6.07) is 25.1. The van der Waals surface area contributed by atoms with Gasteiger partial charge in [0, 0.05) is 10.6 Å². The zero-order valence-corrected chi connectivity index (χ0v) is 13.6. The van der Waals surface area contributed by atoms with Gasteiger partial charge in [0.2, 0.25) is 0 Å². The molecule has 0 amide bonds. The van der Waals surface area contributed by atoms with Crippen LogP contribution < -0.4 is 0 Å². The first-order chi connectivity index (χ1) is 11.1. The standard InChI is InChI=1S/C21H17ClO/c1-15-6-5-9-18(14-15)20(16-7-3-2-4-8-16)21(23)17-10-12-19(22)13-11-17/h2-14,20H,1H3. The molecule has 0 fully saturated rings. The van der Waals surface area contributed by atoms with Gasteiger partial charge in [-0.3, -0.25) is 4.79 Å². The number of hydrogen-bond acceptors (Lipinski definition) is 1. The molecule has 0 N–H and O–H groups in total. The first-order valence-electron chi connectivity index (χ1n) is 7.56. The molecule has 1 atom stereocenters. The quantitative estimate of drug-likeness (QED) is 0.566. The minimum absolute atomic E-state index is 0.0819. The average Bonchev–Trinajstić information content (AvgIpc) is 2.57. The van der Waals surface area contributed by atoms with E-state index in [0.29, 0.717) is 10.6 Å². The maximum atomic E-state index is 13.1. The van der Waals surface area contributed by atoms with Gasteiger partial charge in [-0.25, -0.2) is 0 Å². The van der Waals surface area contributed by atoms with Gasteiger partial charge in [0.05, 0.1) is 5.92 Å². The minimum atomic E-state index is -0.308. The molecule has 3 aromatic rings. The fraction of sp³-hybridized carbons (Fsp3) is 0.0952. The molecule has 2 heteroatoms. The van der Waals surface area contributed by atoms with Crippen molar-refractivity contribution in [2.45, 2.75) is 12.8 Å². The van der Waals surface area contributed by atoms with Crippen LogP contribution in [0, 0.1) is 6.92 Å². The van der Waals surface area contributed by atoms with E-state index in [1.54, 1.807) is 24.3 Å². The molecule has 0 aromatic heterocycles. The van der Waals surface area contributed by atoms with Crippen LogP contribution in [0.2, 0.25) is 5.02 Å². The number of carbonyl (C=O) groups excluding carboxylic acids is 1. The smallest absolute Gasteiger partial charge is 0.174 e. The Balaban J connectivity index is 2.08. The van der Waals surface area contributed by atoms with Crippen molar-refractivity contribution in [3.63, 3.8) is 0 Å². The highest BCUT2D eigenvalue weighted by Crippen LogP contribution is 2.29. The van der Waals surface area contributed by atoms with Crippen LogP contribution in [0.3, 0.4) is 0 Å². The summed E-state index contributed by atoms with van der Waals surface area (Å²) in [5.74, 6) is -0.226. The van der Waals surface area contributed by atoms with E-state index in [1.807, 2.05) is 55.5 Å². The normalized spacial score (nSPS) is 11.9. The molecule has 114 valence electrons. The number of benzene rings is 3. The van der Waals surface area contributed by atoms with Crippen molar-refractivity contribution in [2.24, 2.45) is 0 Å². The summed E-state index contributed by atoms with van der Waals surface area (Å²) < 4.78 is 0. The fourth-order valence-electron chi connectivity index (χ4n) is 2.77. The lowest BCUT2D eigenvalue weighted by atomic mass is 9.84. The van der Waals surface area contributed by atoms with Crippen molar-refractivity contribution in [3.8, 4) is 0 Å². The highest BCUT2D eigenvalue weighted by Gasteiger charge is 2.23. The number of hydrogen-bond donors (Lipinski definition) is 0. The van der Waals surface area contributed by atoms with Gasteiger partial charge >= 0.3 is 0 Å². The zero-order valence-electron chi connectivity index (χ0n) is 12.9. The fourth-order valence-corrected chi connectivity index (χ4v) is 2.90. The van der Waals surface area contributed by atoms with Crippen molar-refractivity contribution in [3.05, 3.63) is 106 Å². The average molecular weight is 321 g/mol. The molecule has 0 spiro atoms. The van der Waals surface area contributed by atoms with E-state index < -0.39 is 0 Å². The summed E-state index contributed by atoms with van der Waals surface area (Å²) in [4.78, 5) is 13.1. The lowest BCUT2D eigenvalue weighted by Crippen LogP contribution is -2.14. The van der Waals surface area contributed by atoms with Crippen LogP contribution in [0.25, 0.3) is 0 Å². The second kappa shape index (κ2) is 6.80. The number of rotatable bonds is 4.